The topological polar surface area (TPSA) is 35.2 Å². The zero-order valence-electron chi connectivity index (χ0n) is 8.27. The average Bonchev–Trinajstić information content (AvgIpc) is 2.05. The highest BCUT2D eigenvalue weighted by atomic mass is 19.1. The summed E-state index contributed by atoms with van der Waals surface area (Å²) in [6.07, 6.45) is 1.34. The van der Waals surface area contributed by atoms with Crippen LogP contribution < -0.4 is 5.73 Å². The molecule has 0 spiro atoms. The van der Waals surface area contributed by atoms with Gasteiger partial charge in [0.1, 0.15) is 5.67 Å². The van der Waals surface area contributed by atoms with E-state index in [1.807, 2.05) is 13.8 Å². The van der Waals surface area contributed by atoms with Gasteiger partial charge in [0.25, 0.3) is 0 Å². The molecule has 0 aromatic rings. The summed E-state index contributed by atoms with van der Waals surface area (Å²) in [7, 11) is 1.58. The molecule has 0 rings (SSSR count). The van der Waals surface area contributed by atoms with E-state index in [0.717, 1.165) is 6.42 Å². The molecule has 0 aliphatic heterocycles. The zero-order chi connectivity index (χ0) is 9.61. The van der Waals surface area contributed by atoms with Crippen LogP contribution in [-0.4, -0.2) is 25.9 Å². The summed E-state index contributed by atoms with van der Waals surface area (Å²) >= 11 is 0. The van der Waals surface area contributed by atoms with Crippen molar-refractivity contribution in [3.63, 3.8) is 0 Å². The first-order valence-electron chi connectivity index (χ1n) is 4.48. The number of halogens is 1. The summed E-state index contributed by atoms with van der Waals surface area (Å²) in [6.45, 7) is 4.33. The van der Waals surface area contributed by atoms with Crippen molar-refractivity contribution in [1.82, 2.24) is 0 Å². The predicted molar refractivity (Wildman–Crippen MR) is 48.8 cm³/mol. The van der Waals surface area contributed by atoms with E-state index >= 15 is 0 Å². The molecule has 0 bridgehead atoms. The third kappa shape index (κ3) is 3.07. The molecular weight excluding hydrogens is 157 g/mol. The first-order valence-corrected chi connectivity index (χ1v) is 4.48. The second-order valence-corrected chi connectivity index (χ2v) is 3.35. The Kier molecular flexibility index (Phi) is 5.42. The summed E-state index contributed by atoms with van der Waals surface area (Å²) in [5.41, 5.74) is 4.15. The van der Waals surface area contributed by atoms with E-state index in [0.29, 0.717) is 13.0 Å². The second-order valence-electron chi connectivity index (χ2n) is 3.35. The molecule has 2 unspecified atom stereocenters. The lowest BCUT2D eigenvalue weighted by Crippen LogP contribution is -2.41. The van der Waals surface area contributed by atoms with Crippen LogP contribution in [0.5, 0.6) is 0 Å². The Morgan fingerprint density at radius 1 is 1.58 bits per heavy atom. The lowest BCUT2D eigenvalue weighted by molar-refractivity contribution is 0.0323. The quantitative estimate of drug-likeness (QED) is 0.670. The molecule has 0 fully saturated rings. The number of nitrogens with two attached hydrogens (primary N) is 1. The number of alkyl halides is 1. The van der Waals surface area contributed by atoms with Crippen LogP contribution in [0.15, 0.2) is 0 Å². The number of hydrogen-bond acceptors (Lipinski definition) is 2. The van der Waals surface area contributed by atoms with Gasteiger partial charge >= 0.3 is 0 Å². The highest BCUT2D eigenvalue weighted by Crippen LogP contribution is 2.26. The van der Waals surface area contributed by atoms with E-state index in [1.165, 1.54) is 0 Å². The van der Waals surface area contributed by atoms with Crippen molar-refractivity contribution < 1.29 is 9.13 Å². The van der Waals surface area contributed by atoms with Crippen molar-refractivity contribution in [2.45, 2.75) is 32.4 Å². The Hall–Kier alpha value is -0.150. The summed E-state index contributed by atoms with van der Waals surface area (Å²) in [5.74, 6) is -0.118. The smallest absolute Gasteiger partial charge is 0.127 e. The van der Waals surface area contributed by atoms with Crippen LogP contribution in [-0.2, 0) is 4.74 Å². The minimum Gasteiger partial charge on any atom is -0.384 e. The molecule has 74 valence electrons. The molecule has 2 atom stereocenters. The number of hydrogen-bond donors (Lipinski definition) is 1. The van der Waals surface area contributed by atoms with E-state index in [-0.39, 0.29) is 12.5 Å². The molecule has 3 heteroatoms. The van der Waals surface area contributed by atoms with Gasteiger partial charge in [-0.2, -0.15) is 0 Å². The number of ether oxygens (including phenoxy) is 1. The van der Waals surface area contributed by atoms with Gasteiger partial charge in [-0.15, -0.1) is 0 Å². The molecule has 0 amide bonds. The van der Waals surface area contributed by atoms with Crippen molar-refractivity contribution >= 4 is 0 Å². The largest absolute Gasteiger partial charge is 0.384 e. The maximum atomic E-state index is 13.9. The van der Waals surface area contributed by atoms with Gasteiger partial charge in [0.05, 0.1) is 6.61 Å². The lowest BCUT2D eigenvalue weighted by atomic mass is 9.87. The zero-order valence-corrected chi connectivity index (χ0v) is 8.27. The normalized spacial score (nSPS) is 18.8. The van der Waals surface area contributed by atoms with Gasteiger partial charge in [-0.05, 0) is 6.42 Å². The monoisotopic (exact) mass is 177 g/mol. The third-order valence-corrected chi connectivity index (χ3v) is 2.30. The van der Waals surface area contributed by atoms with Gasteiger partial charge in [-0.1, -0.05) is 20.3 Å². The molecule has 0 heterocycles. The summed E-state index contributed by atoms with van der Waals surface area (Å²) in [4.78, 5) is 0. The highest BCUT2D eigenvalue weighted by molar-refractivity contribution is 4.85. The maximum absolute atomic E-state index is 13.9. The molecule has 0 aliphatic rings. The van der Waals surface area contributed by atoms with Crippen molar-refractivity contribution in [2.24, 2.45) is 11.7 Å². The standard InChI is InChI=1S/C9H20FNO/c1-4-5-9(10,7-11)8(2)6-12-3/h8H,4-7,11H2,1-3H3. The highest BCUT2D eigenvalue weighted by Gasteiger charge is 2.33. The molecule has 0 saturated carbocycles. The minimum absolute atomic E-state index is 0.0887. The van der Waals surface area contributed by atoms with Crippen molar-refractivity contribution in [3.05, 3.63) is 0 Å². The van der Waals surface area contributed by atoms with Gasteiger partial charge < -0.3 is 10.5 Å². The maximum Gasteiger partial charge on any atom is 0.127 e. The van der Waals surface area contributed by atoms with Crippen LogP contribution in [0, 0.1) is 5.92 Å². The molecule has 0 saturated heterocycles. The summed E-state index contributed by atoms with van der Waals surface area (Å²) in [6, 6.07) is 0. The summed E-state index contributed by atoms with van der Waals surface area (Å²) in [5, 5.41) is 0. The lowest BCUT2D eigenvalue weighted by Gasteiger charge is -2.29. The van der Waals surface area contributed by atoms with Gasteiger partial charge in [0.15, 0.2) is 0 Å². The van der Waals surface area contributed by atoms with Crippen LogP contribution in [0.4, 0.5) is 4.39 Å². The fourth-order valence-corrected chi connectivity index (χ4v) is 1.36. The van der Waals surface area contributed by atoms with Crippen molar-refractivity contribution in [2.75, 3.05) is 20.3 Å². The van der Waals surface area contributed by atoms with E-state index in [1.54, 1.807) is 7.11 Å². The fourth-order valence-electron chi connectivity index (χ4n) is 1.36. The van der Waals surface area contributed by atoms with Gasteiger partial charge in [-0.25, -0.2) is 4.39 Å². The molecule has 0 aliphatic carbocycles. The Balaban J connectivity index is 4.08. The van der Waals surface area contributed by atoms with Crippen molar-refractivity contribution in [3.8, 4) is 0 Å². The molecular formula is C9H20FNO. The van der Waals surface area contributed by atoms with Crippen LogP contribution >= 0.6 is 0 Å². The Labute approximate surface area is 74.3 Å². The van der Waals surface area contributed by atoms with Crippen LogP contribution in [0.25, 0.3) is 0 Å². The van der Waals surface area contributed by atoms with Gasteiger partial charge in [0.2, 0.25) is 0 Å². The predicted octanol–water partition coefficient (Wildman–Crippen LogP) is 1.74. The molecule has 0 radical (unpaired) electrons. The first kappa shape index (κ1) is 11.8. The van der Waals surface area contributed by atoms with Crippen LogP contribution in [0.1, 0.15) is 26.7 Å². The minimum atomic E-state index is -1.25. The van der Waals surface area contributed by atoms with E-state index in [9.17, 15) is 4.39 Å². The second kappa shape index (κ2) is 5.49. The Morgan fingerprint density at radius 2 is 2.17 bits per heavy atom. The van der Waals surface area contributed by atoms with E-state index < -0.39 is 5.67 Å². The fraction of sp³-hybridized carbons (Fsp3) is 1.00. The Bertz CT molecular complexity index is 121. The van der Waals surface area contributed by atoms with Crippen LogP contribution in [0.3, 0.4) is 0 Å². The van der Waals surface area contributed by atoms with E-state index in [4.69, 9.17) is 10.5 Å². The van der Waals surface area contributed by atoms with Gasteiger partial charge in [-0.3, -0.25) is 0 Å². The third-order valence-electron chi connectivity index (χ3n) is 2.30. The molecule has 2 nitrogen and oxygen atoms in total. The Morgan fingerprint density at radius 3 is 2.50 bits per heavy atom. The number of rotatable bonds is 6. The summed E-state index contributed by atoms with van der Waals surface area (Å²) < 4.78 is 18.8. The van der Waals surface area contributed by atoms with E-state index in [2.05, 4.69) is 0 Å². The first-order chi connectivity index (χ1) is 5.60. The SMILES string of the molecule is CCCC(F)(CN)C(C)COC. The van der Waals surface area contributed by atoms with Crippen molar-refractivity contribution in [1.29, 1.82) is 0 Å². The average molecular weight is 177 g/mol. The molecule has 0 aromatic heterocycles. The molecule has 0 aromatic carbocycles. The van der Waals surface area contributed by atoms with Crippen LogP contribution in [0.2, 0.25) is 0 Å². The number of methoxy groups -OCH3 is 1. The van der Waals surface area contributed by atoms with Gasteiger partial charge in [0, 0.05) is 19.6 Å². The molecule has 2 N–H and O–H groups in total. The molecule has 12 heavy (non-hydrogen) atoms.